The van der Waals surface area contributed by atoms with Crippen LogP contribution in [0, 0.1) is 13.8 Å². The SMILES string of the molecule is Cc1cccc(Nc2cnc(C(=O)Nc3ccccc3)cn2)c1C. The highest BCUT2D eigenvalue weighted by atomic mass is 16.1. The molecule has 0 fully saturated rings. The minimum atomic E-state index is -0.285. The van der Waals surface area contributed by atoms with E-state index in [0.717, 1.165) is 16.9 Å². The lowest BCUT2D eigenvalue weighted by molar-refractivity contribution is 0.102. The van der Waals surface area contributed by atoms with Crippen molar-refractivity contribution < 1.29 is 4.79 Å². The molecule has 0 aliphatic rings. The Hall–Kier alpha value is -3.21. The van der Waals surface area contributed by atoms with E-state index >= 15 is 0 Å². The molecule has 0 aliphatic heterocycles. The third-order valence-electron chi connectivity index (χ3n) is 3.78. The second kappa shape index (κ2) is 6.91. The highest BCUT2D eigenvalue weighted by Gasteiger charge is 2.09. The van der Waals surface area contributed by atoms with E-state index in [9.17, 15) is 4.79 Å². The molecule has 0 atom stereocenters. The molecule has 0 aliphatic carbocycles. The Morgan fingerprint density at radius 1 is 0.917 bits per heavy atom. The molecule has 0 bridgehead atoms. The Morgan fingerprint density at radius 3 is 2.42 bits per heavy atom. The van der Waals surface area contributed by atoms with Gasteiger partial charge in [0.2, 0.25) is 0 Å². The van der Waals surface area contributed by atoms with Gasteiger partial charge in [-0.1, -0.05) is 30.3 Å². The zero-order valence-corrected chi connectivity index (χ0v) is 13.6. The lowest BCUT2D eigenvalue weighted by Gasteiger charge is -2.10. The van der Waals surface area contributed by atoms with Crippen molar-refractivity contribution in [1.82, 2.24) is 9.97 Å². The highest BCUT2D eigenvalue weighted by Crippen LogP contribution is 2.21. The van der Waals surface area contributed by atoms with Crippen LogP contribution in [0.3, 0.4) is 0 Å². The average Bonchev–Trinajstić information content (AvgIpc) is 2.60. The molecular formula is C19H18N4O. The first-order valence-electron chi connectivity index (χ1n) is 7.65. The average molecular weight is 318 g/mol. The Balaban J connectivity index is 1.71. The van der Waals surface area contributed by atoms with E-state index in [0.29, 0.717) is 5.82 Å². The standard InChI is InChI=1S/C19H18N4O/c1-13-7-6-10-16(14(13)2)23-18-12-20-17(11-21-18)19(24)22-15-8-4-3-5-9-15/h3-12H,1-2H3,(H,21,23)(H,22,24). The third kappa shape index (κ3) is 3.57. The molecule has 24 heavy (non-hydrogen) atoms. The third-order valence-corrected chi connectivity index (χ3v) is 3.78. The van der Waals surface area contributed by atoms with Gasteiger partial charge in [0.1, 0.15) is 11.5 Å². The normalized spacial score (nSPS) is 10.2. The van der Waals surface area contributed by atoms with Gasteiger partial charge in [-0.05, 0) is 43.2 Å². The number of para-hydroxylation sites is 1. The number of anilines is 3. The van der Waals surface area contributed by atoms with E-state index < -0.39 is 0 Å². The van der Waals surface area contributed by atoms with Crippen molar-refractivity contribution in [2.24, 2.45) is 0 Å². The zero-order valence-electron chi connectivity index (χ0n) is 13.6. The van der Waals surface area contributed by atoms with Crippen LogP contribution in [0.1, 0.15) is 21.6 Å². The second-order valence-electron chi connectivity index (χ2n) is 5.48. The van der Waals surface area contributed by atoms with Crippen LogP contribution in [-0.4, -0.2) is 15.9 Å². The summed E-state index contributed by atoms with van der Waals surface area (Å²) in [5.74, 6) is 0.312. The molecule has 3 rings (SSSR count). The molecule has 3 aromatic rings. The van der Waals surface area contributed by atoms with Crippen LogP contribution in [0.15, 0.2) is 60.9 Å². The Morgan fingerprint density at radius 2 is 1.71 bits per heavy atom. The van der Waals surface area contributed by atoms with E-state index in [1.807, 2.05) is 49.4 Å². The molecule has 1 heterocycles. The number of aryl methyl sites for hydroxylation is 1. The zero-order chi connectivity index (χ0) is 16.9. The minimum Gasteiger partial charge on any atom is -0.339 e. The predicted molar refractivity (Wildman–Crippen MR) is 95.6 cm³/mol. The number of carbonyl (C=O) groups excluding carboxylic acids is 1. The maximum Gasteiger partial charge on any atom is 0.275 e. The summed E-state index contributed by atoms with van der Waals surface area (Å²) in [6, 6.07) is 15.3. The van der Waals surface area contributed by atoms with Gasteiger partial charge in [0.25, 0.3) is 5.91 Å². The van der Waals surface area contributed by atoms with Gasteiger partial charge in [0.15, 0.2) is 0 Å². The fourth-order valence-electron chi connectivity index (χ4n) is 2.25. The number of benzene rings is 2. The van der Waals surface area contributed by atoms with Crippen LogP contribution in [-0.2, 0) is 0 Å². The van der Waals surface area contributed by atoms with Gasteiger partial charge in [-0.15, -0.1) is 0 Å². The highest BCUT2D eigenvalue weighted by molar-refractivity contribution is 6.02. The van der Waals surface area contributed by atoms with Crippen molar-refractivity contribution in [3.63, 3.8) is 0 Å². The van der Waals surface area contributed by atoms with Crippen LogP contribution in [0.5, 0.6) is 0 Å². The van der Waals surface area contributed by atoms with Crippen LogP contribution in [0.25, 0.3) is 0 Å². The first-order chi connectivity index (χ1) is 11.6. The van der Waals surface area contributed by atoms with Crippen LogP contribution in [0.4, 0.5) is 17.2 Å². The van der Waals surface area contributed by atoms with Gasteiger partial charge in [0.05, 0.1) is 12.4 Å². The van der Waals surface area contributed by atoms with Crippen molar-refractivity contribution in [1.29, 1.82) is 0 Å². The quantitative estimate of drug-likeness (QED) is 0.760. The van der Waals surface area contributed by atoms with Crippen molar-refractivity contribution in [2.75, 3.05) is 10.6 Å². The van der Waals surface area contributed by atoms with Gasteiger partial charge < -0.3 is 10.6 Å². The fourth-order valence-corrected chi connectivity index (χ4v) is 2.25. The number of rotatable bonds is 4. The molecule has 120 valence electrons. The largest absolute Gasteiger partial charge is 0.339 e. The van der Waals surface area contributed by atoms with Crippen molar-refractivity contribution in [3.8, 4) is 0 Å². The molecule has 0 spiro atoms. The molecular weight excluding hydrogens is 300 g/mol. The number of nitrogens with one attached hydrogen (secondary N) is 2. The lowest BCUT2D eigenvalue weighted by atomic mass is 10.1. The first kappa shape index (κ1) is 15.7. The molecule has 5 heteroatoms. The number of amides is 1. The van der Waals surface area contributed by atoms with Crippen molar-refractivity contribution in [2.45, 2.75) is 13.8 Å². The lowest BCUT2D eigenvalue weighted by Crippen LogP contribution is -2.14. The summed E-state index contributed by atoms with van der Waals surface area (Å²) in [6.45, 7) is 4.11. The smallest absolute Gasteiger partial charge is 0.275 e. The molecule has 2 aromatic carbocycles. The summed E-state index contributed by atoms with van der Waals surface area (Å²) in [6.07, 6.45) is 3.02. The van der Waals surface area contributed by atoms with Gasteiger partial charge >= 0.3 is 0 Å². The topological polar surface area (TPSA) is 66.9 Å². The van der Waals surface area contributed by atoms with Gasteiger partial charge in [-0.3, -0.25) is 4.79 Å². The number of carbonyl (C=O) groups is 1. The molecule has 0 saturated heterocycles. The summed E-state index contributed by atoms with van der Waals surface area (Å²) in [4.78, 5) is 20.6. The molecule has 0 saturated carbocycles. The van der Waals surface area contributed by atoms with Crippen molar-refractivity contribution >= 4 is 23.1 Å². The second-order valence-corrected chi connectivity index (χ2v) is 5.48. The number of hydrogen-bond acceptors (Lipinski definition) is 4. The van der Waals surface area contributed by atoms with Crippen molar-refractivity contribution in [3.05, 3.63) is 77.7 Å². The van der Waals surface area contributed by atoms with Gasteiger partial charge in [-0.25, -0.2) is 9.97 Å². The van der Waals surface area contributed by atoms with E-state index in [-0.39, 0.29) is 11.6 Å². The van der Waals surface area contributed by atoms with Gasteiger partial charge in [0, 0.05) is 11.4 Å². The maximum absolute atomic E-state index is 12.1. The van der Waals surface area contributed by atoms with Gasteiger partial charge in [-0.2, -0.15) is 0 Å². The van der Waals surface area contributed by atoms with E-state index in [1.165, 1.54) is 11.8 Å². The Labute approximate surface area is 140 Å². The first-order valence-corrected chi connectivity index (χ1v) is 7.65. The van der Waals surface area contributed by atoms with Crippen LogP contribution >= 0.6 is 0 Å². The van der Waals surface area contributed by atoms with Crippen LogP contribution in [0.2, 0.25) is 0 Å². The molecule has 0 unspecified atom stereocenters. The number of nitrogens with zero attached hydrogens (tertiary/aromatic N) is 2. The maximum atomic E-state index is 12.1. The molecule has 5 nitrogen and oxygen atoms in total. The summed E-state index contributed by atoms with van der Waals surface area (Å²) in [7, 11) is 0. The number of hydrogen-bond donors (Lipinski definition) is 2. The van der Waals surface area contributed by atoms with Crippen LogP contribution < -0.4 is 10.6 Å². The summed E-state index contributed by atoms with van der Waals surface area (Å²) in [5.41, 5.74) is 4.33. The Kier molecular flexibility index (Phi) is 4.52. The van der Waals surface area contributed by atoms with E-state index in [2.05, 4.69) is 33.6 Å². The monoisotopic (exact) mass is 318 g/mol. The molecule has 1 aromatic heterocycles. The summed E-state index contributed by atoms with van der Waals surface area (Å²) in [5, 5.41) is 6.01. The molecule has 1 amide bonds. The summed E-state index contributed by atoms with van der Waals surface area (Å²) < 4.78 is 0. The fraction of sp³-hybridized carbons (Fsp3) is 0.105. The minimum absolute atomic E-state index is 0.269. The predicted octanol–water partition coefficient (Wildman–Crippen LogP) is 4.09. The molecule has 0 radical (unpaired) electrons. The van der Waals surface area contributed by atoms with E-state index in [1.54, 1.807) is 6.20 Å². The number of aromatic nitrogens is 2. The molecule has 2 N–H and O–H groups in total. The Bertz CT molecular complexity index is 845. The summed E-state index contributed by atoms with van der Waals surface area (Å²) >= 11 is 0. The van der Waals surface area contributed by atoms with E-state index in [4.69, 9.17) is 0 Å².